The maximum Gasteiger partial charge on any atom is 0.254 e. The SMILES string of the molecule is CCn1c(CN(C)C)nnc1C1CCN(C(=O)c2csc(C)c2)CC1. The van der Waals surface area contributed by atoms with Gasteiger partial charge < -0.3 is 14.4 Å². The second kappa shape index (κ2) is 7.66. The van der Waals surface area contributed by atoms with E-state index in [0.717, 1.165) is 56.2 Å². The lowest BCUT2D eigenvalue weighted by Gasteiger charge is -2.31. The molecule has 2 aromatic rings. The van der Waals surface area contributed by atoms with Crippen LogP contribution in [-0.4, -0.2) is 57.7 Å². The quantitative estimate of drug-likeness (QED) is 0.822. The third-order valence-corrected chi connectivity index (χ3v) is 5.62. The Bertz CT molecular complexity index is 728. The molecule has 6 nitrogen and oxygen atoms in total. The lowest BCUT2D eigenvalue weighted by Crippen LogP contribution is -2.38. The highest BCUT2D eigenvalue weighted by molar-refractivity contribution is 7.10. The zero-order valence-corrected chi connectivity index (χ0v) is 16.3. The van der Waals surface area contributed by atoms with E-state index >= 15 is 0 Å². The van der Waals surface area contributed by atoms with Crippen LogP contribution in [0.15, 0.2) is 11.4 Å². The molecule has 3 rings (SSSR count). The van der Waals surface area contributed by atoms with Crippen molar-refractivity contribution in [1.82, 2.24) is 24.6 Å². The van der Waals surface area contributed by atoms with Gasteiger partial charge in [-0.15, -0.1) is 21.5 Å². The summed E-state index contributed by atoms with van der Waals surface area (Å²) in [6, 6.07) is 1.99. The predicted molar refractivity (Wildman–Crippen MR) is 100 cm³/mol. The number of carbonyl (C=O) groups is 1. The summed E-state index contributed by atoms with van der Waals surface area (Å²) in [7, 11) is 4.09. The summed E-state index contributed by atoms with van der Waals surface area (Å²) in [6.07, 6.45) is 1.91. The Hall–Kier alpha value is -1.73. The lowest BCUT2D eigenvalue weighted by molar-refractivity contribution is 0.0710. The molecule has 25 heavy (non-hydrogen) atoms. The zero-order chi connectivity index (χ0) is 18.0. The molecule has 3 heterocycles. The molecule has 0 aliphatic carbocycles. The second-order valence-corrected chi connectivity index (χ2v) is 8.08. The topological polar surface area (TPSA) is 54.3 Å². The molecule has 1 aliphatic rings. The summed E-state index contributed by atoms with van der Waals surface area (Å²) >= 11 is 1.63. The van der Waals surface area contributed by atoms with Crippen molar-refractivity contribution >= 4 is 17.2 Å². The highest BCUT2D eigenvalue weighted by Crippen LogP contribution is 2.28. The van der Waals surface area contributed by atoms with Crippen LogP contribution in [0.3, 0.4) is 0 Å². The van der Waals surface area contributed by atoms with E-state index < -0.39 is 0 Å². The minimum absolute atomic E-state index is 0.160. The van der Waals surface area contributed by atoms with Crippen molar-refractivity contribution in [3.63, 3.8) is 0 Å². The van der Waals surface area contributed by atoms with E-state index in [1.54, 1.807) is 11.3 Å². The molecule has 2 aromatic heterocycles. The number of aromatic nitrogens is 3. The van der Waals surface area contributed by atoms with Crippen molar-refractivity contribution in [2.75, 3.05) is 27.2 Å². The van der Waals surface area contributed by atoms with Crippen LogP contribution < -0.4 is 0 Å². The Morgan fingerprint density at radius 3 is 2.60 bits per heavy atom. The van der Waals surface area contributed by atoms with Gasteiger partial charge in [-0.05, 0) is 46.9 Å². The minimum Gasteiger partial charge on any atom is -0.339 e. The van der Waals surface area contributed by atoms with Crippen LogP contribution in [0.25, 0.3) is 0 Å². The molecule has 0 unspecified atom stereocenters. The molecule has 1 amide bonds. The highest BCUT2D eigenvalue weighted by Gasteiger charge is 2.28. The van der Waals surface area contributed by atoms with Gasteiger partial charge in [0.15, 0.2) is 0 Å². The molecule has 0 spiro atoms. The number of likely N-dealkylation sites (tertiary alicyclic amines) is 1. The molecule has 1 fully saturated rings. The summed E-state index contributed by atoms with van der Waals surface area (Å²) in [5.41, 5.74) is 0.825. The van der Waals surface area contributed by atoms with Gasteiger partial charge in [0, 0.05) is 35.8 Å². The van der Waals surface area contributed by atoms with Crippen molar-refractivity contribution in [1.29, 1.82) is 0 Å². The number of piperidine rings is 1. The van der Waals surface area contributed by atoms with Gasteiger partial charge in [0.1, 0.15) is 11.6 Å². The van der Waals surface area contributed by atoms with Crippen molar-refractivity contribution in [2.24, 2.45) is 0 Å². The summed E-state index contributed by atoms with van der Waals surface area (Å²) in [5, 5.41) is 10.8. The average molecular weight is 362 g/mol. The van der Waals surface area contributed by atoms with E-state index in [-0.39, 0.29) is 5.91 Å². The summed E-state index contributed by atoms with van der Waals surface area (Å²) < 4.78 is 2.24. The molecular formula is C18H27N5OS. The van der Waals surface area contributed by atoms with Crippen LogP contribution >= 0.6 is 11.3 Å². The van der Waals surface area contributed by atoms with Crippen molar-refractivity contribution in [3.05, 3.63) is 33.5 Å². The fraction of sp³-hybridized carbons (Fsp3) is 0.611. The van der Waals surface area contributed by atoms with Crippen LogP contribution in [0.4, 0.5) is 0 Å². The lowest BCUT2D eigenvalue weighted by atomic mass is 9.95. The van der Waals surface area contributed by atoms with E-state index in [1.807, 2.05) is 37.4 Å². The molecule has 0 N–H and O–H groups in total. The maximum absolute atomic E-state index is 12.6. The largest absolute Gasteiger partial charge is 0.339 e. The Morgan fingerprint density at radius 1 is 1.32 bits per heavy atom. The molecule has 136 valence electrons. The Morgan fingerprint density at radius 2 is 2.04 bits per heavy atom. The fourth-order valence-corrected chi connectivity index (χ4v) is 4.15. The van der Waals surface area contributed by atoms with Gasteiger partial charge in [0.2, 0.25) is 0 Å². The van der Waals surface area contributed by atoms with Gasteiger partial charge in [-0.25, -0.2) is 0 Å². The fourth-order valence-electron chi connectivity index (χ4n) is 3.47. The Labute approximate surface area is 153 Å². The monoisotopic (exact) mass is 361 g/mol. The van der Waals surface area contributed by atoms with Crippen LogP contribution in [-0.2, 0) is 13.1 Å². The molecular weight excluding hydrogens is 334 g/mol. The number of rotatable bonds is 5. The van der Waals surface area contributed by atoms with Gasteiger partial charge in [-0.2, -0.15) is 0 Å². The molecule has 7 heteroatoms. The van der Waals surface area contributed by atoms with Crippen LogP contribution in [0.2, 0.25) is 0 Å². The number of amides is 1. The van der Waals surface area contributed by atoms with Gasteiger partial charge in [0.25, 0.3) is 5.91 Å². The van der Waals surface area contributed by atoms with Gasteiger partial charge >= 0.3 is 0 Å². The average Bonchev–Trinajstić information content (AvgIpc) is 3.20. The second-order valence-electron chi connectivity index (χ2n) is 6.97. The molecule has 0 atom stereocenters. The van der Waals surface area contributed by atoms with Crippen molar-refractivity contribution < 1.29 is 4.79 Å². The molecule has 0 saturated carbocycles. The number of nitrogens with zero attached hydrogens (tertiary/aromatic N) is 5. The molecule has 0 aromatic carbocycles. The first-order valence-corrected chi connectivity index (χ1v) is 9.78. The van der Waals surface area contributed by atoms with Crippen LogP contribution in [0, 0.1) is 6.92 Å². The Balaban J connectivity index is 1.66. The van der Waals surface area contributed by atoms with E-state index in [9.17, 15) is 4.79 Å². The summed E-state index contributed by atoms with van der Waals surface area (Å²) in [6.45, 7) is 7.45. The number of hydrogen-bond donors (Lipinski definition) is 0. The predicted octanol–water partition coefficient (Wildman–Crippen LogP) is 2.75. The first-order chi connectivity index (χ1) is 12.0. The van der Waals surface area contributed by atoms with Gasteiger partial charge in [-0.1, -0.05) is 0 Å². The Kier molecular flexibility index (Phi) is 5.54. The standard InChI is InChI=1S/C18H27N5OS/c1-5-23-16(11-21(3)4)19-20-17(23)14-6-8-22(9-7-14)18(24)15-10-13(2)25-12-15/h10,12,14H,5-9,11H2,1-4H3. The number of aryl methyl sites for hydroxylation is 1. The van der Waals surface area contributed by atoms with Crippen molar-refractivity contribution in [3.8, 4) is 0 Å². The van der Waals surface area contributed by atoms with E-state index in [2.05, 4.69) is 26.6 Å². The number of thiophene rings is 1. The highest BCUT2D eigenvalue weighted by atomic mass is 32.1. The molecule has 1 saturated heterocycles. The van der Waals surface area contributed by atoms with E-state index in [0.29, 0.717) is 5.92 Å². The molecule has 1 aliphatic heterocycles. The third kappa shape index (κ3) is 3.93. The van der Waals surface area contributed by atoms with E-state index in [1.165, 1.54) is 4.88 Å². The first-order valence-electron chi connectivity index (χ1n) is 8.90. The summed E-state index contributed by atoms with van der Waals surface area (Å²) in [5.74, 6) is 2.65. The smallest absolute Gasteiger partial charge is 0.254 e. The summed E-state index contributed by atoms with van der Waals surface area (Å²) in [4.78, 5) is 17.9. The van der Waals surface area contributed by atoms with E-state index in [4.69, 9.17) is 0 Å². The molecule has 0 bridgehead atoms. The zero-order valence-electron chi connectivity index (χ0n) is 15.5. The minimum atomic E-state index is 0.160. The maximum atomic E-state index is 12.6. The third-order valence-electron chi connectivity index (χ3n) is 4.75. The number of hydrogen-bond acceptors (Lipinski definition) is 5. The van der Waals surface area contributed by atoms with Crippen molar-refractivity contribution in [2.45, 2.75) is 45.7 Å². The number of carbonyl (C=O) groups excluding carboxylic acids is 1. The van der Waals surface area contributed by atoms with Gasteiger partial charge in [0.05, 0.1) is 12.1 Å². The molecule has 0 radical (unpaired) electrons. The van der Waals surface area contributed by atoms with Crippen LogP contribution in [0.1, 0.15) is 52.6 Å². The van der Waals surface area contributed by atoms with Gasteiger partial charge in [-0.3, -0.25) is 4.79 Å². The normalized spacial score (nSPS) is 16.0. The first kappa shape index (κ1) is 18.1. The van der Waals surface area contributed by atoms with Crippen LogP contribution in [0.5, 0.6) is 0 Å².